The Morgan fingerprint density at radius 1 is 0.176 bits per heavy atom. The molecule has 0 N–H and O–H groups in total. The number of hydrogen-bond donors (Lipinski definition) is 0. The van der Waals surface area contributed by atoms with E-state index in [2.05, 4.69) is 250 Å². The maximum absolute atomic E-state index is 2.33. The molecule has 14 aromatic carbocycles. The van der Waals surface area contributed by atoms with Crippen molar-refractivity contribution in [1.82, 2.24) is 0 Å². The van der Waals surface area contributed by atoms with E-state index >= 15 is 0 Å². The maximum atomic E-state index is 2.33. The van der Waals surface area contributed by atoms with Crippen LogP contribution in [0.15, 0.2) is 194 Å². The molecule has 0 unspecified atom stereocenters. The van der Waals surface area contributed by atoms with E-state index in [0.29, 0.717) is 0 Å². The van der Waals surface area contributed by atoms with Gasteiger partial charge in [0.1, 0.15) is 0 Å². The molecule has 0 heteroatoms. The summed E-state index contributed by atoms with van der Waals surface area (Å²) in [5.41, 5.74) is 10.7. The Bertz CT molecular complexity index is 3890. The SMILES string of the molecule is Cc1cc2c3ccccc3c(C)cc2c2ccccc12.Cc1cc2ccc3cc(C)cc4ccc(c1)c2c34.Cc1cc2cccc3c(C)cc4cccc1c4c23.Cc1ccc2ccc(C)cc2c1. The molecule has 0 nitrogen and oxygen atoms in total. The predicted molar refractivity (Wildman–Crippen MR) is 301 cm³/mol. The molecule has 14 aromatic rings. The smallest absolute Gasteiger partial charge is 0.00239 e. The molecular formula is C68H56. The fourth-order valence-electron chi connectivity index (χ4n) is 11.2. The lowest BCUT2D eigenvalue weighted by Gasteiger charge is -2.14. The van der Waals surface area contributed by atoms with Crippen molar-refractivity contribution in [2.75, 3.05) is 0 Å². The number of benzene rings is 14. The van der Waals surface area contributed by atoms with Crippen LogP contribution in [0, 0.1) is 55.4 Å². The zero-order chi connectivity index (χ0) is 46.8. The van der Waals surface area contributed by atoms with Crippen LogP contribution >= 0.6 is 0 Å². The maximum Gasteiger partial charge on any atom is -0.00239 e. The number of aryl methyl sites for hydroxylation is 8. The Balaban J connectivity index is 0.000000101. The van der Waals surface area contributed by atoms with E-state index in [1.54, 1.807) is 0 Å². The van der Waals surface area contributed by atoms with E-state index in [0.717, 1.165) is 0 Å². The minimum absolute atomic E-state index is 1.33. The molecule has 0 aliphatic heterocycles. The zero-order valence-electron chi connectivity index (χ0n) is 40.5. The summed E-state index contributed by atoms with van der Waals surface area (Å²) in [6.07, 6.45) is 0. The van der Waals surface area contributed by atoms with Crippen molar-refractivity contribution in [3.63, 3.8) is 0 Å². The standard InChI is InChI=1S/C20H16.2C18H14.C12H12/c1-13-11-19-18-10-6-4-8-16(18)14(2)12-20(19)17-9-5-3-7-15(13)17;1-11-9-13-5-4-8-16-12(2)10-14-6-3-7-15(11)17(14)18(13)16;1-11-7-13-3-5-15-9-12(2)10-16-6-4-14(8-11)17(13)18(15)16;1-9-3-5-11-6-4-10(2)8-12(11)7-9/h3-12H,1-2H3;2*3-10H,1-2H3;3-8H,1-2H3. The summed E-state index contributed by atoms with van der Waals surface area (Å²) in [5.74, 6) is 0. The average Bonchev–Trinajstić information content (AvgIpc) is 3.34. The van der Waals surface area contributed by atoms with Crippen LogP contribution in [0.4, 0.5) is 0 Å². The van der Waals surface area contributed by atoms with Crippen LogP contribution in [-0.2, 0) is 0 Å². The van der Waals surface area contributed by atoms with Crippen LogP contribution < -0.4 is 0 Å². The van der Waals surface area contributed by atoms with Gasteiger partial charge in [0.15, 0.2) is 0 Å². The fourth-order valence-corrected chi connectivity index (χ4v) is 11.2. The molecule has 0 saturated heterocycles. The lowest BCUT2D eigenvalue weighted by Crippen LogP contribution is -1.88. The zero-order valence-corrected chi connectivity index (χ0v) is 40.5. The molecule has 0 spiro atoms. The molecule has 0 bridgehead atoms. The van der Waals surface area contributed by atoms with E-state index in [1.807, 2.05) is 0 Å². The van der Waals surface area contributed by atoms with Gasteiger partial charge in [0.2, 0.25) is 0 Å². The minimum atomic E-state index is 1.33. The van der Waals surface area contributed by atoms with Crippen molar-refractivity contribution in [1.29, 1.82) is 0 Å². The van der Waals surface area contributed by atoms with Gasteiger partial charge in [0, 0.05) is 0 Å². The molecule has 14 rings (SSSR count). The topological polar surface area (TPSA) is 0 Å². The summed E-state index contributed by atoms with van der Waals surface area (Å²) in [6.45, 7) is 17.4. The van der Waals surface area contributed by atoms with Crippen molar-refractivity contribution in [3.05, 3.63) is 239 Å². The summed E-state index contributed by atoms with van der Waals surface area (Å²) in [6, 6.07) is 71.1. The van der Waals surface area contributed by atoms with Crippen molar-refractivity contribution >= 4 is 108 Å². The fraction of sp³-hybridized carbons (Fsp3) is 0.118. The average molecular weight is 873 g/mol. The minimum Gasteiger partial charge on any atom is -0.0616 e. The first kappa shape index (κ1) is 42.8. The first-order chi connectivity index (χ1) is 33.0. The van der Waals surface area contributed by atoms with Crippen LogP contribution in [-0.4, -0.2) is 0 Å². The number of rotatable bonds is 0. The molecule has 0 atom stereocenters. The van der Waals surface area contributed by atoms with Gasteiger partial charge in [-0.25, -0.2) is 0 Å². The van der Waals surface area contributed by atoms with Crippen molar-refractivity contribution < 1.29 is 0 Å². The van der Waals surface area contributed by atoms with Crippen molar-refractivity contribution in [2.24, 2.45) is 0 Å². The molecule has 0 aromatic heterocycles. The normalized spacial score (nSPS) is 11.5. The predicted octanol–water partition coefficient (Wildman–Crippen LogP) is 19.6. The molecule has 0 heterocycles. The molecular weight excluding hydrogens is 817 g/mol. The second kappa shape index (κ2) is 17.1. The summed E-state index contributed by atoms with van der Waals surface area (Å²) < 4.78 is 0. The van der Waals surface area contributed by atoms with Gasteiger partial charge in [-0.2, -0.15) is 0 Å². The first-order valence-corrected chi connectivity index (χ1v) is 24.1. The van der Waals surface area contributed by atoms with Crippen LogP contribution in [0.1, 0.15) is 44.5 Å². The Kier molecular flexibility index (Phi) is 10.8. The van der Waals surface area contributed by atoms with E-state index in [9.17, 15) is 0 Å². The third kappa shape index (κ3) is 7.61. The van der Waals surface area contributed by atoms with Gasteiger partial charge in [-0.05, 0) is 196 Å². The highest BCUT2D eigenvalue weighted by Gasteiger charge is 2.13. The second-order valence-electron chi connectivity index (χ2n) is 19.4. The first-order valence-electron chi connectivity index (χ1n) is 24.1. The van der Waals surface area contributed by atoms with Crippen molar-refractivity contribution in [2.45, 2.75) is 55.4 Å². The van der Waals surface area contributed by atoms with E-state index in [-0.39, 0.29) is 0 Å². The monoisotopic (exact) mass is 872 g/mol. The molecule has 0 fully saturated rings. The Hall–Kier alpha value is -7.80. The highest BCUT2D eigenvalue weighted by molar-refractivity contribution is 6.25. The van der Waals surface area contributed by atoms with Gasteiger partial charge in [0.25, 0.3) is 0 Å². The molecule has 0 aliphatic carbocycles. The van der Waals surface area contributed by atoms with Crippen LogP contribution in [0.2, 0.25) is 0 Å². The molecule has 0 aliphatic rings. The van der Waals surface area contributed by atoms with E-state index in [4.69, 9.17) is 0 Å². The van der Waals surface area contributed by atoms with Gasteiger partial charge >= 0.3 is 0 Å². The molecule has 328 valence electrons. The summed E-state index contributed by atoms with van der Waals surface area (Å²) in [5, 5.41) is 27.4. The summed E-state index contributed by atoms with van der Waals surface area (Å²) in [7, 11) is 0. The van der Waals surface area contributed by atoms with Crippen molar-refractivity contribution in [3.8, 4) is 0 Å². The van der Waals surface area contributed by atoms with Gasteiger partial charge < -0.3 is 0 Å². The molecule has 0 radical (unpaired) electrons. The van der Waals surface area contributed by atoms with Gasteiger partial charge in [-0.15, -0.1) is 0 Å². The second-order valence-corrected chi connectivity index (χ2v) is 19.4. The highest BCUT2D eigenvalue weighted by atomic mass is 14.2. The Morgan fingerprint density at radius 3 is 0.882 bits per heavy atom. The van der Waals surface area contributed by atoms with Crippen LogP contribution in [0.3, 0.4) is 0 Å². The van der Waals surface area contributed by atoms with E-state index in [1.165, 1.54) is 152 Å². The summed E-state index contributed by atoms with van der Waals surface area (Å²) >= 11 is 0. The highest BCUT2D eigenvalue weighted by Crippen LogP contribution is 2.39. The van der Waals surface area contributed by atoms with Gasteiger partial charge in [-0.1, -0.05) is 205 Å². The lowest BCUT2D eigenvalue weighted by atomic mass is 9.90. The number of fused-ring (bicyclic) bond motifs is 6. The van der Waals surface area contributed by atoms with Crippen LogP contribution in [0.5, 0.6) is 0 Å². The van der Waals surface area contributed by atoms with Crippen LogP contribution in [0.25, 0.3) is 108 Å². The Morgan fingerprint density at radius 2 is 0.485 bits per heavy atom. The largest absolute Gasteiger partial charge is 0.0616 e. The molecule has 0 amide bonds. The lowest BCUT2D eigenvalue weighted by molar-refractivity contribution is 1.47. The Labute approximate surface area is 399 Å². The molecule has 0 saturated carbocycles. The molecule has 68 heavy (non-hydrogen) atoms. The number of hydrogen-bond acceptors (Lipinski definition) is 0. The van der Waals surface area contributed by atoms with E-state index < -0.39 is 0 Å². The summed E-state index contributed by atoms with van der Waals surface area (Å²) in [4.78, 5) is 0. The third-order valence-corrected chi connectivity index (χ3v) is 14.3. The van der Waals surface area contributed by atoms with Gasteiger partial charge in [0.05, 0.1) is 0 Å². The third-order valence-electron chi connectivity index (χ3n) is 14.3. The van der Waals surface area contributed by atoms with Gasteiger partial charge in [-0.3, -0.25) is 0 Å². The quantitative estimate of drug-likeness (QED) is 0.133.